The van der Waals surface area contributed by atoms with Crippen LogP contribution < -0.4 is 10.1 Å². The standard InChI is InChI=1S/C18H16F3N5O2S/c1-11-4-3-5-12(2)16(11)22-15(27)10-29-17-23-24-25-26(17)13-6-8-14(9-7-13)28-18(19,20)21/h3-9H,10H2,1-2H3,(H,22,27). The molecule has 1 heterocycles. The summed E-state index contributed by atoms with van der Waals surface area (Å²) < 4.78 is 41.9. The second kappa shape index (κ2) is 8.52. The molecule has 1 N–H and O–H groups in total. The van der Waals surface area contributed by atoms with Gasteiger partial charge in [0.15, 0.2) is 0 Å². The van der Waals surface area contributed by atoms with Gasteiger partial charge in [-0.05, 0) is 59.7 Å². The Morgan fingerprint density at radius 3 is 2.41 bits per heavy atom. The van der Waals surface area contributed by atoms with Gasteiger partial charge in [-0.3, -0.25) is 4.79 Å². The molecule has 1 aromatic heterocycles. The lowest BCUT2D eigenvalue weighted by Crippen LogP contribution is -2.17. The molecule has 0 radical (unpaired) electrons. The van der Waals surface area contributed by atoms with E-state index >= 15 is 0 Å². The molecular formula is C18H16F3N5O2S. The molecule has 0 fully saturated rings. The van der Waals surface area contributed by atoms with Gasteiger partial charge in [-0.2, -0.15) is 4.68 Å². The Morgan fingerprint density at radius 1 is 1.14 bits per heavy atom. The summed E-state index contributed by atoms with van der Waals surface area (Å²) in [5.74, 6) is -0.518. The summed E-state index contributed by atoms with van der Waals surface area (Å²) in [6.45, 7) is 3.81. The number of anilines is 1. The number of hydrogen-bond acceptors (Lipinski definition) is 6. The molecule has 3 aromatic rings. The summed E-state index contributed by atoms with van der Waals surface area (Å²) in [5.41, 5.74) is 3.10. The molecule has 1 amide bonds. The van der Waals surface area contributed by atoms with Crippen molar-refractivity contribution in [1.29, 1.82) is 0 Å². The van der Waals surface area contributed by atoms with Crippen molar-refractivity contribution in [1.82, 2.24) is 20.2 Å². The van der Waals surface area contributed by atoms with Crippen LogP contribution in [0.3, 0.4) is 0 Å². The number of tetrazole rings is 1. The number of aryl methyl sites for hydroxylation is 2. The van der Waals surface area contributed by atoms with Crippen LogP contribution in [-0.4, -0.2) is 38.2 Å². The number of nitrogens with zero attached hydrogens (tertiary/aromatic N) is 4. The third-order valence-electron chi connectivity index (χ3n) is 3.83. The lowest BCUT2D eigenvalue weighted by molar-refractivity contribution is -0.274. The van der Waals surface area contributed by atoms with Crippen LogP contribution in [0.4, 0.5) is 18.9 Å². The van der Waals surface area contributed by atoms with Crippen molar-refractivity contribution in [3.05, 3.63) is 53.6 Å². The largest absolute Gasteiger partial charge is 0.573 e. The van der Waals surface area contributed by atoms with Crippen LogP contribution in [0.15, 0.2) is 47.6 Å². The van der Waals surface area contributed by atoms with Gasteiger partial charge in [0.2, 0.25) is 11.1 Å². The van der Waals surface area contributed by atoms with E-state index in [4.69, 9.17) is 0 Å². The number of aromatic nitrogens is 4. The molecule has 3 rings (SSSR count). The first-order valence-corrected chi connectivity index (χ1v) is 9.35. The first-order chi connectivity index (χ1) is 13.7. The molecular weight excluding hydrogens is 407 g/mol. The Bertz CT molecular complexity index is 985. The van der Waals surface area contributed by atoms with Crippen LogP contribution in [0.25, 0.3) is 5.69 Å². The van der Waals surface area contributed by atoms with E-state index in [9.17, 15) is 18.0 Å². The van der Waals surface area contributed by atoms with Gasteiger partial charge in [0.1, 0.15) is 5.75 Å². The number of amides is 1. The highest BCUT2D eigenvalue weighted by Crippen LogP contribution is 2.25. The van der Waals surface area contributed by atoms with Crippen LogP contribution in [0.5, 0.6) is 5.75 Å². The van der Waals surface area contributed by atoms with Crippen molar-refractivity contribution in [2.75, 3.05) is 11.1 Å². The first kappa shape index (κ1) is 20.6. The third kappa shape index (κ3) is 5.47. The number of benzene rings is 2. The summed E-state index contributed by atoms with van der Waals surface area (Å²) in [4.78, 5) is 12.3. The number of halogens is 3. The molecule has 0 saturated heterocycles. The van der Waals surface area contributed by atoms with Crippen molar-refractivity contribution < 1.29 is 22.7 Å². The van der Waals surface area contributed by atoms with E-state index in [1.54, 1.807) is 0 Å². The van der Waals surface area contributed by atoms with Crippen molar-refractivity contribution in [3.63, 3.8) is 0 Å². The zero-order valence-electron chi connectivity index (χ0n) is 15.4. The fraction of sp³-hybridized carbons (Fsp3) is 0.222. The number of carbonyl (C=O) groups excluding carboxylic acids is 1. The van der Waals surface area contributed by atoms with E-state index in [0.717, 1.165) is 40.7 Å². The number of alkyl halides is 3. The maximum atomic E-state index is 12.3. The molecule has 0 aliphatic rings. The Labute approximate surface area is 168 Å². The molecule has 0 bridgehead atoms. The molecule has 0 atom stereocenters. The number of nitrogens with one attached hydrogen (secondary N) is 1. The van der Waals surface area contributed by atoms with Gasteiger partial charge in [-0.25, -0.2) is 0 Å². The average molecular weight is 423 g/mol. The Balaban J connectivity index is 1.65. The number of thioether (sulfide) groups is 1. The van der Waals surface area contributed by atoms with Gasteiger partial charge < -0.3 is 10.1 Å². The summed E-state index contributed by atoms with van der Waals surface area (Å²) in [6.07, 6.45) is -4.76. The molecule has 152 valence electrons. The van der Waals surface area contributed by atoms with Crippen molar-refractivity contribution in [3.8, 4) is 11.4 Å². The first-order valence-electron chi connectivity index (χ1n) is 8.36. The molecule has 2 aromatic carbocycles. The minimum atomic E-state index is -4.76. The zero-order chi connectivity index (χ0) is 21.0. The van der Waals surface area contributed by atoms with E-state index < -0.39 is 6.36 Å². The second-order valence-electron chi connectivity index (χ2n) is 6.02. The number of hydrogen-bond donors (Lipinski definition) is 1. The summed E-state index contributed by atoms with van der Waals surface area (Å²) in [5, 5.41) is 14.4. The molecule has 0 spiro atoms. The number of ether oxygens (including phenoxy) is 1. The minimum Gasteiger partial charge on any atom is -0.406 e. The van der Waals surface area contributed by atoms with Crippen LogP contribution in [0.1, 0.15) is 11.1 Å². The van der Waals surface area contributed by atoms with Crippen LogP contribution in [0, 0.1) is 13.8 Å². The second-order valence-corrected chi connectivity index (χ2v) is 6.96. The van der Waals surface area contributed by atoms with Crippen molar-refractivity contribution in [2.24, 2.45) is 0 Å². The van der Waals surface area contributed by atoms with E-state index in [1.165, 1.54) is 16.8 Å². The average Bonchev–Trinajstić information content (AvgIpc) is 3.11. The van der Waals surface area contributed by atoms with Gasteiger partial charge in [0.25, 0.3) is 0 Å². The van der Waals surface area contributed by atoms with E-state index in [-0.39, 0.29) is 17.4 Å². The van der Waals surface area contributed by atoms with Crippen LogP contribution in [-0.2, 0) is 4.79 Å². The quantitative estimate of drug-likeness (QED) is 0.606. The lowest BCUT2D eigenvalue weighted by Gasteiger charge is -2.11. The molecule has 0 aliphatic carbocycles. The predicted molar refractivity (Wildman–Crippen MR) is 101 cm³/mol. The van der Waals surface area contributed by atoms with Gasteiger partial charge in [0, 0.05) is 5.69 Å². The zero-order valence-corrected chi connectivity index (χ0v) is 16.2. The van der Waals surface area contributed by atoms with Gasteiger partial charge in [-0.15, -0.1) is 18.3 Å². The predicted octanol–water partition coefficient (Wildman–Crippen LogP) is 3.91. The minimum absolute atomic E-state index is 0.0589. The fourth-order valence-corrected chi connectivity index (χ4v) is 3.23. The Kier molecular flexibility index (Phi) is 6.06. The summed E-state index contributed by atoms with van der Waals surface area (Å²) in [7, 11) is 0. The number of rotatable bonds is 6. The van der Waals surface area contributed by atoms with Gasteiger partial charge in [-0.1, -0.05) is 30.0 Å². The lowest BCUT2D eigenvalue weighted by atomic mass is 10.1. The highest BCUT2D eigenvalue weighted by atomic mass is 32.2. The maximum Gasteiger partial charge on any atom is 0.573 e. The Morgan fingerprint density at radius 2 is 1.79 bits per heavy atom. The highest BCUT2D eigenvalue weighted by Gasteiger charge is 2.31. The van der Waals surface area contributed by atoms with Crippen LogP contribution in [0.2, 0.25) is 0 Å². The van der Waals surface area contributed by atoms with Crippen molar-refractivity contribution >= 4 is 23.4 Å². The van der Waals surface area contributed by atoms with Crippen LogP contribution >= 0.6 is 11.8 Å². The summed E-state index contributed by atoms with van der Waals surface area (Å²) in [6, 6.07) is 10.8. The van der Waals surface area contributed by atoms with E-state index in [0.29, 0.717) is 10.8 Å². The van der Waals surface area contributed by atoms with E-state index in [1.807, 2.05) is 32.0 Å². The van der Waals surface area contributed by atoms with E-state index in [2.05, 4.69) is 25.6 Å². The third-order valence-corrected chi connectivity index (χ3v) is 4.75. The monoisotopic (exact) mass is 423 g/mol. The molecule has 0 aliphatic heterocycles. The topological polar surface area (TPSA) is 81.9 Å². The van der Waals surface area contributed by atoms with Crippen molar-refractivity contribution in [2.45, 2.75) is 25.4 Å². The smallest absolute Gasteiger partial charge is 0.406 e. The van der Waals surface area contributed by atoms with Gasteiger partial charge >= 0.3 is 6.36 Å². The maximum absolute atomic E-state index is 12.3. The number of carbonyl (C=O) groups is 1. The highest BCUT2D eigenvalue weighted by molar-refractivity contribution is 7.99. The number of para-hydroxylation sites is 1. The summed E-state index contributed by atoms with van der Waals surface area (Å²) >= 11 is 1.11. The normalized spacial score (nSPS) is 11.3. The molecule has 11 heteroatoms. The van der Waals surface area contributed by atoms with Gasteiger partial charge in [0.05, 0.1) is 11.4 Å². The molecule has 0 unspecified atom stereocenters. The molecule has 0 saturated carbocycles. The Hall–Kier alpha value is -3.08. The molecule has 7 nitrogen and oxygen atoms in total. The SMILES string of the molecule is Cc1cccc(C)c1NC(=O)CSc1nnnn1-c1ccc(OC(F)(F)F)cc1. The molecule has 29 heavy (non-hydrogen) atoms. The fourth-order valence-electron chi connectivity index (χ4n) is 2.54.